The Balaban J connectivity index is 1.75. The molecule has 3 nitrogen and oxygen atoms in total. The Morgan fingerprint density at radius 2 is 1.85 bits per heavy atom. The zero-order valence-corrected chi connectivity index (χ0v) is 12.5. The Morgan fingerprint density at radius 1 is 1.20 bits per heavy atom. The normalized spacial score (nSPS) is 16.6. The second-order valence-corrected chi connectivity index (χ2v) is 6.16. The van der Waals surface area contributed by atoms with Crippen molar-refractivity contribution in [2.75, 3.05) is 0 Å². The number of rotatable bonds is 4. The maximum absolute atomic E-state index is 4.53. The lowest BCUT2D eigenvalue weighted by Crippen LogP contribution is -2.37. The van der Waals surface area contributed by atoms with Gasteiger partial charge in [-0.2, -0.15) is 0 Å². The van der Waals surface area contributed by atoms with Gasteiger partial charge in [0.15, 0.2) is 0 Å². The summed E-state index contributed by atoms with van der Waals surface area (Å²) in [6.07, 6.45) is 6.17. The van der Waals surface area contributed by atoms with Crippen LogP contribution in [0.25, 0.3) is 0 Å². The van der Waals surface area contributed by atoms with Crippen LogP contribution < -0.4 is 5.32 Å². The number of aromatic nitrogens is 2. The molecule has 106 valence electrons. The summed E-state index contributed by atoms with van der Waals surface area (Å²) < 4.78 is 2.12. The molecule has 0 bridgehead atoms. The monoisotopic (exact) mass is 269 g/mol. The van der Waals surface area contributed by atoms with Crippen LogP contribution in [0.3, 0.4) is 0 Å². The summed E-state index contributed by atoms with van der Waals surface area (Å²) in [5, 5.41) is 3.82. The minimum Gasteiger partial charge on any atom is -0.337 e. The van der Waals surface area contributed by atoms with E-state index < -0.39 is 0 Å². The van der Waals surface area contributed by atoms with Crippen LogP contribution in [0, 0.1) is 5.92 Å². The first-order valence-electron chi connectivity index (χ1n) is 7.45. The van der Waals surface area contributed by atoms with Gasteiger partial charge in [-0.25, -0.2) is 4.98 Å². The van der Waals surface area contributed by atoms with E-state index in [1.54, 1.807) is 0 Å². The van der Waals surface area contributed by atoms with Gasteiger partial charge >= 0.3 is 0 Å². The third-order valence-electron chi connectivity index (χ3n) is 4.27. The number of hydrogen-bond donors (Lipinski definition) is 1. The molecule has 1 atom stereocenters. The van der Waals surface area contributed by atoms with Crippen molar-refractivity contribution < 1.29 is 0 Å². The summed E-state index contributed by atoms with van der Waals surface area (Å²) in [5.74, 6) is 1.66. The lowest BCUT2D eigenvalue weighted by molar-refractivity contribution is 0.343. The minimum atomic E-state index is 0.314. The molecule has 3 rings (SSSR count). The van der Waals surface area contributed by atoms with Crippen LogP contribution in [-0.4, -0.2) is 15.6 Å². The average Bonchev–Trinajstić information content (AvgIpc) is 3.01. The van der Waals surface area contributed by atoms with E-state index in [0.717, 1.165) is 18.7 Å². The molecule has 0 saturated heterocycles. The molecule has 2 aromatic rings. The molecule has 20 heavy (non-hydrogen) atoms. The summed E-state index contributed by atoms with van der Waals surface area (Å²) in [4.78, 5) is 4.53. The fourth-order valence-electron chi connectivity index (χ4n) is 3.17. The van der Waals surface area contributed by atoms with E-state index in [-0.39, 0.29) is 0 Å². The molecule has 0 radical (unpaired) electrons. The van der Waals surface area contributed by atoms with Crippen LogP contribution in [0.4, 0.5) is 0 Å². The minimum absolute atomic E-state index is 0.314. The fraction of sp³-hybridized carbons (Fsp3) is 0.471. The Morgan fingerprint density at radius 3 is 2.35 bits per heavy atom. The van der Waals surface area contributed by atoms with Crippen LogP contribution >= 0.6 is 0 Å². The Labute approximate surface area is 121 Å². The van der Waals surface area contributed by atoms with Crippen LogP contribution in [0.5, 0.6) is 0 Å². The van der Waals surface area contributed by atoms with E-state index in [0.29, 0.717) is 18.0 Å². The van der Waals surface area contributed by atoms with Crippen molar-refractivity contribution in [3.8, 4) is 0 Å². The molecule has 1 heterocycles. The largest absolute Gasteiger partial charge is 0.337 e. The summed E-state index contributed by atoms with van der Waals surface area (Å²) in [5.41, 5.74) is 2.99. The number of nitrogens with zero attached hydrogens (tertiary/aromatic N) is 2. The zero-order valence-electron chi connectivity index (χ0n) is 12.5. The van der Waals surface area contributed by atoms with Gasteiger partial charge in [0.25, 0.3) is 0 Å². The molecule has 0 spiro atoms. The van der Waals surface area contributed by atoms with Crippen molar-refractivity contribution in [1.29, 1.82) is 0 Å². The SMILES string of the molecule is CC(C)[C@H](NC1Cc2ccccc2C1)c1nccn1C. The predicted molar refractivity (Wildman–Crippen MR) is 81.6 cm³/mol. The Kier molecular flexibility index (Phi) is 3.62. The maximum atomic E-state index is 4.53. The summed E-state index contributed by atoms with van der Waals surface area (Å²) >= 11 is 0. The number of imidazole rings is 1. The van der Waals surface area contributed by atoms with Crippen LogP contribution in [-0.2, 0) is 19.9 Å². The molecule has 1 aliphatic rings. The lowest BCUT2D eigenvalue weighted by Gasteiger charge is -2.26. The van der Waals surface area contributed by atoms with Crippen molar-refractivity contribution in [3.63, 3.8) is 0 Å². The van der Waals surface area contributed by atoms with Gasteiger partial charge in [-0.3, -0.25) is 0 Å². The molecule has 1 aliphatic carbocycles. The smallest absolute Gasteiger partial charge is 0.125 e. The molecular formula is C17H23N3. The summed E-state index contributed by atoms with van der Waals surface area (Å²) in [7, 11) is 2.07. The molecule has 0 aliphatic heterocycles. The quantitative estimate of drug-likeness (QED) is 0.925. The number of fused-ring (bicyclic) bond motifs is 1. The molecule has 3 heteroatoms. The van der Waals surface area contributed by atoms with Gasteiger partial charge in [0.05, 0.1) is 6.04 Å². The van der Waals surface area contributed by atoms with Gasteiger partial charge in [-0.05, 0) is 29.9 Å². The molecule has 0 unspecified atom stereocenters. The van der Waals surface area contributed by atoms with Crippen molar-refractivity contribution in [1.82, 2.24) is 14.9 Å². The molecule has 1 aromatic carbocycles. The zero-order chi connectivity index (χ0) is 14.1. The van der Waals surface area contributed by atoms with Crippen molar-refractivity contribution in [2.45, 2.75) is 38.8 Å². The second kappa shape index (κ2) is 5.41. The predicted octanol–water partition coefficient (Wildman–Crippen LogP) is 2.87. The summed E-state index contributed by atoms with van der Waals surface area (Å²) in [6, 6.07) is 9.62. The van der Waals surface area contributed by atoms with E-state index in [9.17, 15) is 0 Å². The van der Waals surface area contributed by atoms with Crippen molar-refractivity contribution >= 4 is 0 Å². The van der Waals surface area contributed by atoms with E-state index in [1.165, 1.54) is 11.1 Å². The van der Waals surface area contributed by atoms with Crippen LogP contribution in [0.2, 0.25) is 0 Å². The summed E-state index contributed by atoms with van der Waals surface area (Å²) in [6.45, 7) is 4.52. The van der Waals surface area contributed by atoms with Crippen LogP contribution in [0.1, 0.15) is 36.8 Å². The Hall–Kier alpha value is -1.61. The number of hydrogen-bond acceptors (Lipinski definition) is 2. The standard InChI is InChI=1S/C17H23N3/c1-12(2)16(17-18-8-9-20(17)3)19-15-10-13-6-4-5-7-14(13)11-15/h4-9,12,15-16,19H,10-11H2,1-3H3/t16-/m0/s1. The van der Waals surface area contributed by atoms with E-state index in [2.05, 4.69) is 60.0 Å². The number of aryl methyl sites for hydroxylation is 1. The molecular weight excluding hydrogens is 246 g/mol. The van der Waals surface area contributed by atoms with Gasteiger partial charge in [0.2, 0.25) is 0 Å². The molecule has 0 saturated carbocycles. The highest BCUT2D eigenvalue weighted by molar-refractivity contribution is 5.33. The fourth-order valence-corrected chi connectivity index (χ4v) is 3.17. The maximum Gasteiger partial charge on any atom is 0.125 e. The lowest BCUT2D eigenvalue weighted by atomic mass is 10.0. The molecule has 0 fully saturated rings. The highest BCUT2D eigenvalue weighted by atomic mass is 15.1. The first-order valence-corrected chi connectivity index (χ1v) is 7.45. The van der Waals surface area contributed by atoms with E-state index >= 15 is 0 Å². The van der Waals surface area contributed by atoms with Gasteiger partial charge < -0.3 is 9.88 Å². The van der Waals surface area contributed by atoms with Crippen LogP contribution in [0.15, 0.2) is 36.7 Å². The Bertz CT molecular complexity index is 560. The van der Waals surface area contributed by atoms with Crippen molar-refractivity contribution in [3.05, 3.63) is 53.6 Å². The molecule has 1 N–H and O–H groups in total. The third kappa shape index (κ3) is 2.50. The van der Waals surface area contributed by atoms with Crippen molar-refractivity contribution in [2.24, 2.45) is 13.0 Å². The highest BCUT2D eigenvalue weighted by Crippen LogP contribution is 2.26. The molecule has 0 amide bonds. The first kappa shape index (κ1) is 13.4. The van der Waals surface area contributed by atoms with Gasteiger partial charge in [-0.1, -0.05) is 38.1 Å². The highest BCUT2D eigenvalue weighted by Gasteiger charge is 2.27. The second-order valence-electron chi connectivity index (χ2n) is 6.16. The topological polar surface area (TPSA) is 29.9 Å². The average molecular weight is 269 g/mol. The third-order valence-corrected chi connectivity index (χ3v) is 4.27. The number of nitrogens with one attached hydrogen (secondary N) is 1. The van der Waals surface area contributed by atoms with Gasteiger partial charge in [0.1, 0.15) is 5.82 Å². The van der Waals surface area contributed by atoms with E-state index in [1.807, 2.05) is 12.4 Å². The van der Waals surface area contributed by atoms with Gasteiger partial charge in [-0.15, -0.1) is 0 Å². The molecule has 1 aromatic heterocycles. The van der Waals surface area contributed by atoms with E-state index in [4.69, 9.17) is 0 Å². The first-order chi connectivity index (χ1) is 9.65. The van der Waals surface area contributed by atoms with Gasteiger partial charge in [0, 0.05) is 25.5 Å². The number of benzene rings is 1.